The quantitative estimate of drug-likeness (QED) is 0.689. The second-order valence-electron chi connectivity index (χ2n) is 3.94. The van der Waals surface area contributed by atoms with Crippen LogP contribution in [0.3, 0.4) is 0 Å². The number of hydrogen-bond donors (Lipinski definition) is 1. The molecule has 0 amide bonds. The van der Waals surface area contributed by atoms with E-state index in [1.165, 1.54) is 12.1 Å². The highest BCUT2D eigenvalue weighted by Gasteiger charge is 2.11. The van der Waals surface area contributed by atoms with Gasteiger partial charge in [0.2, 0.25) is 0 Å². The largest absolute Gasteiger partial charge is 0.301 e. The number of benzene rings is 2. The molecule has 98 valence electrons. The van der Waals surface area contributed by atoms with Crippen molar-refractivity contribution in [2.45, 2.75) is 11.8 Å². The lowest BCUT2D eigenvalue weighted by Crippen LogP contribution is -2.06. The Balaban J connectivity index is 2.26. The van der Waals surface area contributed by atoms with Gasteiger partial charge in [-0.15, -0.1) is 0 Å². The second kappa shape index (κ2) is 5.62. The lowest BCUT2D eigenvalue weighted by atomic mass is 10.2. The Morgan fingerprint density at radius 3 is 2.47 bits per heavy atom. The zero-order valence-corrected chi connectivity index (χ0v) is 11.0. The fourth-order valence-corrected chi connectivity index (χ4v) is 2.48. The van der Waals surface area contributed by atoms with Crippen LogP contribution in [-0.2, 0) is 11.0 Å². The predicted molar refractivity (Wildman–Crippen MR) is 74.3 cm³/mol. The fraction of sp³-hybridized carbons (Fsp3) is 0.0769. The summed E-state index contributed by atoms with van der Waals surface area (Å²) in [4.78, 5) is 10.9. The molecule has 1 N–H and O–H groups in total. The van der Waals surface area contributed by atoms with Crippen LogP contribution in [0.5, 0.6) is 0 Å². The van der Waals surface area contributed by atoms with Crippen LogP contribution in [0.25, 0.3) is 0 Å². The monoisotopic (exact) mass is 276 g/mol. The molecule has 5 nitrogen and oxygen atoms in total. The molecule has 2 aromatic carbocycles. The SMILES string of the molecule is Cc1ccc([N+](=O)[O-])cc1NS(=O)c1ccccc1. The fourth-order valence-electron chi connectivity index (χ4n) is 1.54. The van der Waals surface area contributed by atoms with Crippen molar-refractivity contribution >= 4 is 22.4 Å². The molecule has 0 aliphatic carbocycles. The summed E-state index contributed by atoms with van der Waals surface area (Å²) >= 11 is 0. The van der Waals surface area contributed by atoms with E-state index < -0.39 is 15.9 Å². The summed E-state index contributed by atoms with van der Waals surface area (Å²) in [5, 5.41) is 10.7. The Labute approximate surface area is 113 Å². The van der Waals surface area contributed by atoms with Crippen molar-refractivity contribution < 1.29 is 9.13 Å². The van der Waals surface area contributed by atoms with Crippen molar-refractivity contribution in [1.82, 2.24) is 0 Å². The molecule has 0 aromatic heterocycles. The van der Waals surface area contributed by atoms with E-state index >= 15 is 0 Å². The van der Waals surface area contributed by atoms with Gasteiger partial charge in [0.05, 0.1) is 15.5 Å². The van der Waals surface area contributed by atoms with Crippen LogP contribution in [0.2, 0.25) is 0 Å². The minimum atomic E-state index is -1.44. The third kappa shape index (κ3) is 3.17. The molecule has 0 saturated heterocycles. The Kier molecular flexibility index (Phi) is 3.91. The first-order valence-corrected chi connectivity index (χ1v) is 6.71. The lowest BCUT2D eigenvalue weighted by Gasteiger charge is -2.08. The predicted octanol–water partition coefficient (Wildman–Crippen LogP) is 3.04. The van der Waals surface area contributed by atoms with Gasteiger partial charge in [0.1, 0.15) is 11.0 Å². The van der Waals surface area contributed by atoms with Crippen molar-refractivity contribution in [2.24, 2.45) is 0 Å². The van der Waals surface area contributed by atoms with E-state index in [9.17, 15) is 14.3 Å². The van der Waals surface area contributed by atoms with Crippen LogP contribution in [0, 0.1) is 17.0 Å². The molecule has 1 atom stereocenters. The molecular weight excluding hydrogens is 264 g/mol. The van der Waals surface area contributed by atoms with Crippen molar-refractivity contribution in [3.63, 3.8) is 0 Å². The van der Waals surface area contributed by atoms with Crippen LogP contribution < -0.4 is 4.72 Å². The van der Waals surface area contributed by atoms with Crippen molar-refractivity contribution in [2.75, 3.05) is 4.72 Å². The smallest absolute Gasteiger partial charge is 0.271 e. The van der Waals surface area contributed by atoms with E-state index in [1.807, 2.05) is 6.07 Å². The Hall–Kier alpha value is -2.21. The van der Waals surface area contributed by atoms with Crippen molar-refractivity contribution in [1.29, 1.82) is 0 Å². The number of hydrogen-bond acceptors (Lipinski definition) is 3. The molecule has 0 spiro atoms. The highest BCUT2D eigenvalue weighted by molar-refractivity contribution is 7.86. The molecule has 2 aromatic rings. The number of nitro groups is 1. The normalized spacial score (nSPS) is 11.8. The van der Waals surface area contributed by atoms with E-state index in [1.54, 1.807) is 37.3 Å². The number of nitro benzene ring substituents is 1. The minimum Gasteiger partial charge on any atom is -0.301 e. The van der Waals surface area contributed by atoms with Crippen LogP contribution in [0.4, 0.5) is 11.4 Å². The van der Waals surface area contributed by atoms with E-state index in [0.717, 1.165) is 5.56 Å². The van der Waals surface area contributed by atoms with E-state index in [-0.39, 0.29) is 5.69 Å². The van der Waals surface area contributed by atoms with Gasteiger partial charge in [-0.3, -0.25) is 10.1 Å². The maximum absolute atomic E-state index is 12.1. The summed E-state index contributed by atoms with van der Waals surface area (Å²) in [6.45, 7) is 1.80. The number of rotatable bonds is 4. The van der Waals surface area contributed by atoms with Crippen molar-refractivity contribution in [3.8, 4) is 0 Å². The molecule has 0 radical (unpaired) electrons. The highest BCUT2D eigenvalue weighted by atomic mass is 32.2. The Morgan fingerprint density at radius 1 is 1.16 bits per heavy atom. The van der Waals surface area contributed by atoms with Gasteiger partial charge in [-0.25, -0.2) is 4.21 Å². The molecule has 0 heterocycles. The van der Waals surface area contributed by atoms with Gasteiger partial charge in [-0.1, -0.05) is 24.3 Å². The summed E-state index contributed by atoms with van der Waals surface area (Å²) in [6.07, 6.45) is 0. The number of non-ortho nitro benzene ring substituents is 1. The van der Waals surface area contributed by atoms with Gasteiger partial charge < -0.3 is 4.72 Å². The summed E-state index contributed by atoms with van der Waals surface area (Å²) in [5.74, 6) is 0. The molecule has 6 heteroatoms. The van der Waals surface area contributed by atoms with E-state index in [4.69, 9.17) is 0 Å². The summed E-state index contributed by atoms with van der Waals surface area (Å²) in [5.41, 5.74) is 1.27. The minimum absolute atomic E-state index is 0.0295. The third-order valence-corrected chi connectivity index (χ3v) is 3.70. The van der Waals surface area contributed by atoms with Crippen LogP contribution in [0.15, 0.2) is 53.4 Å². The van der Waals surface area contributed by atoms with Gasteiger partial charge >= 0.3 is 0 Å². The molecule has 0 bridgehead atoms. The zero-order valence-electron chi connectivity index (χ0n) is 10.2. The Bertz CT molecular complexity index is 629. The van der Waals surface area contributed by atoms with Crippen LogP contribution in [-0.4, -0.2) is 9.13 Å². The standard InChI is InChI=1S/C13H12N2O3S/c1-10-7-8-11(15(16)17)9-13(10)14-19(18)12-5-3-2-4-6-12/h2-9,14H,1H3. The zero-order chi connectivity index (χ0) is 13.8. The summed E-state index contributed by atoms with van der Waals surface area (Å²) < 4.78 is 14.9. The number of nitrogens with one attached hydrogen (secondary N) is 1. The first-order chi connectivity index (χ1) is 9.08. The molecule has 19 heavy (non-hydrogen) atoms. The molecule has 2 rings (SSSR count). The van der Waals surface area contributed by atoms with Crippen molar-refractivity contribution in [3.05, 3.63) is 64.2 Å². The average molecular weight is 276 g/mol. The maximum atomic E-state index is 12.1. The second-order valence-corrected chi connectivity index (χ2v) is 5.15. The van der Waals surface area contributed by atoms with E-state index in [2.05, 4.69) is 4.72 Å². The van der Waals surface area contributed by atoms with Gasteiger partial charge in [0.25, 0.3) is 5.69 Å². The van der Waals surface area contributed by atoms with Gasteiger partial charge in [0, 0.05) is 12.1 Å². The highest BCUT2D eigenvalue weighted by Crippen LogP contribution is 2.23. The van der Waals surface area contributed by atoms with Gasteiger partial charge in [0.15, 0.2) is 0 Å². The van der Waals surface area contributed by atoms with Crippen LogP contribution >= 0.6 is 0 Å². The van der Waals surface area contributed by atoms with Gasteiger partial charge in [-0.2, -0.15) is 0 Å². The first kappa shape index (κ1) is 13.2. The lowest BCUT2D eigenvalue weighted by molar-refractivity contribution is -0.384. The number of anilines is 1. The maximum Gasteiger partial charge on any atom is 0.271 e. The average Bonchev–Trinajstić information content (AvgIpc) is 2.42. The van der Waals surface area contributed by atoms with E-state index in [0.29, 0.717) is 10.6 Å². The number of aryl methyl sites for hydroxylation is 1. The topological polar surface area (TPSA) is 72.2 Å². The van der Waals surface area contributed by atoms with Crippen LogP contribution in [0.1, 0.15) is 5.56 Å². The molecule has 0 aliphatic heterocycles. The first-order valence-electron chi connectivity index (χ1n) is 5.56. The summed E-state index contributed by atoms with van der Waals surface area (Å²) in [7, 11) is -1.44. The third-order valence-electron chi connectivity index (χ3n) is 2.59. The molecule has 1 unspecified atom stereocenters. The van der Waals surface area contributed by atoms with Gasteiger partial charge in [-0.05, 0) is 24.6 Å². The molecule has 0 fully saturated rings. The Morgan fingerprint density at radius 2 is 1.84 bits per heavy atom. The molecule has 0 aliphatic rings. The molecular formula is C13H12N2O3S. The summed E-state index contributed by atoms with van der Waals surface area (Å²) in [6, 6.07) is 13.3. The molecule has 0 saturated carbocycles. The number of nitrogens with zero attached hydrogens (tertiary/aromatic N) is 1.